The van der Waals surface area contributed by atoms with Gasteiger partial charge in [0.2, 0.25) is 10.0 Å². The Bertz CT molecular complexity index is 1630. The molecule has 1 saturated heterocycles. The summed E-state index contributed by atoms with van der Waals surface area (Å²) in [6, 6.07) is 18.4. The van der Waals surface area contributed by atoms with Crippen LogP contribution in [0.25, 0.3) is 0 Å². The molecule has 0 aromatic heterocycles. The molecule has 1 aliphatic heterocycles. The number of ether oxygens (including phenoxy) is 1. The van der Waals surface area contributed by atoms with Crippen molar-refractivity contribution in [1.29, 1.82) is 0 Å². The number of morpholine rings is 1. The Kier molecular flexibility index (Phi) is 9.67. The number of carboxylic acids is 1. The molecule has 234 valence electrons. The van der Waals surface area contributed by atoms with Gasteiger partial charge in [0.05, 0.1) is 6.04 Å². The number of halogens is 3. The van der Waals surface area contributed by atoms with Gasteiger partial charge in [0.25, 0.3) is 5.91 Å². The fraction of sp³-hybridized carbons (Fsp3) is 0.375. The summed E-state index contributed by atoms with van der Waals surface area (Å²) in [5.41, 5.74) is 1.48. The Morgan fingerprint density at radius 2 is 1.77 bits per heavy atom. The number of carbonyl (C=O) groups is 2. The predicted octanol–water partition coefficient (Wildman–Crippen LogP) is 6.39. The summed E-state index contributed by atoms with van der Waals surface area (Å²) in [5.74, 6) is -2.11. The van der Waals surface area contributed by atoms with Gasteiger partial charge in [0.15, 0.2) is 0 Å². The normalized spacial score (nSPS) is 22.0. The lowest BCUT2D eigenvalue weighted by atomic mass is 9.89. The largest absolute Gasteiger partial charge is 0.481 e. The number of aliphatic carboxylic acids is 1. The molecule has 1 heterocycles. The summed E-state index contributed by atoms with van der Waals surface area (Å²) >= 11 is 12.5. The van der Waals surface area contributed by atoms with Crippen LogP contribution in [0, 0.1) is 5.82 Å². The molecule has 2 N–H and O–H groups in total. The first-order valence-corrected chi connectivity index (χ1v) is 16.7. The van der Waals surface area contributed by atoms with Crippen LogP contribution in [0.3, 0.4) is 0 Å². The first-order chi connectivity index (χ1) is 21.0. The minimum absolute atomic E-state index is 0.0758. The molecule has 1 saturated carbocycles. The SMILES string of the molecule is CC[C@@H](CNS(=O)(=O)C1(c2ccccc2F)CC1)N1C(=O)[C@H](CCC(=O)O)O[C@H](c2cccc(Cl)c2)[C@H]1c1ccc(Cl)cc1. The van der Waals surface area contributed by atoms with Crippen molar-refractivity contribution >= 4 is 45.1 Å². The van der Waals surface area contributed by atoms with Crippen LogP contribution in [0.1, 0.15) is 67.9 Å². The highest BCUT2D eigenvalue weighted by atomic mass is 35.5. The fourth-order valence-electron chi connectivity index (χ4n) is 5.96. The molecular weight excluding hydrogens is 630 g/mol. The Balaban J connectivity index is 1.53. The van der Waals surface area contributed by atoms with E-state index in [4.69, 9.17) is 27.9 Å². The molecule has 0 unspecified atom stereocenters. The molecule has 1 amide bonds. The highest BCUT2D eigenvalue weighted by molar-refractivity contribution is 7.90. The lowest BCUT2D eigenvalue weighted by Crippen LogP contribution is -2.57. The summed E-state index contributed by atoms with van der Waals surface area (Å²) in [5, 5.41) is 10.3. The lowest BCUT2D eigenvalue weighted by Gasteiger charge is -2.48. The van der Waals surface area contributed by atoms with Crippen molar-refractivity contribution in [2.24, 2.45) is 0 Å². The van der Waals surface area contributed by atoms with Gasteiger partial charge >= 0.3 is 5.97 Å². The highest BCUT2D eigenvalue weighted by Gasteiger charge is 2.57. The van der Waals surface area contributed by atoms with Crippen molar-refractivity contribution in [1.82, 2.24) is 9.62 Å². The van der Waals surface area contributed by atoms with Crippen molar-refractivity contribution in [2.75, 3.05) is 6.54 Å². The van der Waals surface area contributed by atoms with E-state index in [1.807, 2.05) is 13.0 Å². The molecule has 3 aromatic rings. The van der Waals surface area contributed by atoms with Gasteiger partial charge in [-0.05, 0) is 67.1 Å². The third-order valence-corrected chi connectivity index (χ3v) is 11.1. The van der Waals surface area contributed by atoms with Crippen LogP contribution >= 0.6 is 23.2 Å². The first kappa shape index (κ1) is 32.4. The predicted molar refractivity (Wildman–Crippen MR) is 165 cm³/mol. The topological polar surface area (TPSA) is 113 Å². The minimum atomic E-state index is -4.05. The van der Waals surface area contributed by atoms with Gasteiger partial charge in [-0.2, -0.15) is 0 Å². The van der Waals surface area contributed by atoms with Gasteiger partial charge in [-0.3, -0.25) is 9.59 Å². The minimum Gasteiger partial charge on any atom is -0.481 e. The van der Waals surface area contributed by atoms with Gasteiger partial charge in [-0.15, -0.1) is 0 Å². The third kappa shape index (κ3) is 6.50. The van der Waals surface area contributed by atoms with E-state index in [-0.39, 0.29) is 37.8 Å². The van der Waals surface area contributed by atoms with Crippen LogP contribution in [0.5, 0.6) is 0 Å². The van der Waals surface area contributed by atoms with Gasteiger partial charge < -0.3 is 14.7 Å². The number of benzene rings is 3. The second kappa shape index (κ2) is 13.1. The maximum absolute atomic E-state index is 14.7. The molecular formula is C32H33Cl2FN2O6S. The summed E-state index contributed by atoms with van der Waals surface area (Å²) < 4.78 is 49.8. The molecule has 2 aliphatic rings. The van der Waals surface area contributed by atoms with E-state index in [1.54, 1.807) is 53.4 Å². The van der Waals surface area contributed by atoms with Crippen LogP contribution in [0.2, 0.25) is 10.0 Å². The Morgan fingerprint density at radius 3 is 2.39 bits per heavy atom. The van der Waals surface area contributed by atoms with Crippen molar-refractivity contribution < 1.29 is 32.2 Å². The lowest BCUT2D eigenvalue weighted by molar-refractivity contribution is -0.180. The number of nitrogens with zero attached hydrogens (tertiary/aromatic N) is 1. The van der Waals surface area contributed by atoms with E-state index >= 15 is 0 Å². The van der Waals surface area contributed by atoms with E-state index in [1.165, 1.54) is 18.2 Å². The average Bonchev–Trinajstić information content (AvgIpc) is 3.81. The summed E-state index contributed by atoms with van der Waals surface area (Å²) in [4.78, 5) is 27.2. The van der Waals surface area contributed by atoms with Gasteiger partial charge in [0, 0.05) is 34.6 Å². The molecule has 12 heteroatoms. The standard InChI is InChI=1S/C32H33Cl2FN2O6S/c1-2-24(19-36-44(41,42)32(16-17-32)25-8-3-4-9-26(25)35)37-29(20-10-12-22(33)13-11-20)30(21-6-5-7-23(34)18-21)43-27(31(37)40)14-15-28(38)39/h3-13,18,24,27,29-30,36H,2,14-17,19H2,1H3,(H,38,39)/t24-,27-,29+,30+/m0/s1. The van der Waals surface area contributed by atoms with Gasteiger partial charge in [-0.25, -0.2) is 17.5 Å². The van der Waals surface area contributed by atoms with Crippen molar-refractivity contribution in [3.8, 4) is 0 Å². The van der Waals surface area contributed by atoms with E-state index in [2.05, 4.69) is 4.72 Å². The zero-order valence-corrected chi connectivity index (χ0v) is 26.3. The zero-order valence-electron chi connectivity index (χ0n) is 24.0. The van der Waals surface area contributed by atoms with E-state index in [0.29, 0.717) is 27.6 Å². The number of hydrogen-bond donors (Lipinski definition) is 2. The third-order valence-electron chi connectivity index (χ3n) is 8.39. The molecule has 5 rings (SSSR count). The number of sulfonamides is 1. The summed E-state index contributed by atoms with van der Waals surface area (Å²) in [7, 11) is -4.05. The number of carboxylic acid groups (broad SMARTS) is 1. The smallest absolute Gasteiger partial charge is 0.303 e. The number of carbonyl (C=O) groups excluding carboxylic acids is 1. The fourth-order valence-corrected chi connectivity index (χ4v) is 8.07. The second-order valence-electron chi connectivity index (χ2n) is 11.2. The summed E-state index contributed by atoms with van der Waals surface area (Å²) in [6.45, 7) is 1.70. The maximum atomic E-state index is 14.7. The quantitative estimate of drug-likeness (QED) is 0.232. The van der Waals surface area contributed by atoms with Crippen LogP contribution < -0.4 is 4.72 Å². The summed E-state index contributed by atoms with van der Waals surface area (Å²) in [6.07, 6.45) is -1.32. The van der Waals surface area contributed by atoms with E-state index in [0.717, 1.165) is 0 Å². The molecule has 8 nitrogen and oxygen atoms in total. The van der Waals surface area contributed by atoms with E-state index < -0.39 is 56.8 Å². The van der Waals surface area contributed by atoms with Crippen LogP contribution in [0.4, 0.5) is 4.39 Å². The molecule has 1 aliphatic carbocycles. The highest BCUT2D eigenvalue weighted by Crippen LogP contribution is 2.53. The molecule has 0 spiro atoms. The molecule has 3 aromatic carbocycles. The monoisotopic (exact) mass is 662 g/mol. The number of hydrogen-bond acceptors (Lipinski definition) is 5. The van der Waals surface area contributed by atoms with Crippen LogP contribution in [-0.4, -0.2) is 49.0 Å². The maximum Gasteiger partial charge on any atom is 0.303 e. The average molecular weight is 664 g/mol. The number of amides is 1. The van der Waals surface area contributed by atoms with Gasteiger partial charge in [0.1, 0.15) is 22.8 Å². The Labute approximate surface area is 266 Å². The van der Waals surface area contributed by atoms with Crippen molar-refractivity contribution in [3.05, 3.63) is 105 Å². The number of nitrogens with one attached hydrogen (secondary N) is 1. The van der Waals surface area contributed by atoms with E-state index in [9.17, 15) is 27.5 Å². The molecule has 0 bridgehead atoms. The first-order valence-electron chi connectivity index (χ1n) is 14.4. The Morgan fingerprint density at radius 1 is 1.07 bits per heavy atom. The molecule has 0 radical (unpaired) electrons. The van der Waals surface area contributed by atoms with Crippen molar-refractivity contribution in [3.63, 3.8) is 0 Å². The van der Waals surface area contributed by atoms with Crippen molar-refractivity contribution in [2.45, 2.75) is 68.1 Å². The van der Waals surface area contributed by atoms with Crippen LogP contribution in [0.15, 0.2) is 72.8 Å². The second-order valence-corrected chi connectivity index (χ2v) is 14.1. The van der Waals surface area contributed by atoms with Crippen LogP contribution in [-0.2, 0) is 29.1 Å². The van der Waals surface area contributed by atoms with Gasteiger partial charge in [-0.1, -0.05) is 72.6 Å². The molecule has 2 fully saturated rings. The molecule has 4 atom stereocenters. The Hall–Kier alpha value is -3.02. The zero-order chi connectivity index (χ0) is 31.6. The number of rotatable bonds is 12. The molecule has 44 heavy (non-hydrogen) atoms.